The molecular weight excluding hydrogens is 202 g/mol. The van der Waals surface area contributed by atoms with Crippen LogP contribution < -0.4 is 4.74 Å². The van der Waals surface area contributed by atoms with E-state index in [-0.39, 0.29) is 17.6 Å². The minimum atomic E-state index is -0.737. The summed E-state index contributed by atoms with van der Waals surface area (Å²) in [6.07, 6.45) is 0.232. The number of carbonyl (C=O) groups excluding carboxylic acids is 1. The molecule has 0 amide bonds. The minimum absolute atomic E-state index is 0.0604. The van der Waals surface area contributed by atoms with Crippen LogP contribution in [0.3, 0.4) is 0 Å². The van der Waals surface area contributed by atoms with E-state index in [0.717, 1.165) is 6.07 Å². The van der Waals surface area contributed by atoms with Gasteiger partial charge < -0.3 is 9.84 Å². The zero-order valence-corrected chi connectivity index (χ0v) is 7.97. The third-order valence-corrected chi connectivity index (χ3v) is 1.77. The predicted molar refractivity (Wildman–Crippen MR) is 51.3 cm³/mol. The molecule has 80 valence electrons. The highest BCUT2D eigenvalue weighted by Gasteiger charge is 2.20. The Labute approximate surface area is 85.2 Å². The van der Waals surface area contributed by atoms with Gasteiger partial charge in [0.1, 0.15) is 5.56 Å². The highest BCUT2D eigenvalue weighted by molar-refractivity contribution is 5.87. The second-order valence-corrected chi connectivity index (χ2v) is 2.65. The Morgan fingerprint density at radius 3 is 2.73 bits per heavy atom. The van der Waals surface area contributed by atoms with Gasteiger partial charge >= 0.3 is 0 Å². The highest BCUT2D eigenvalue weighted by atomic mass is 16.6. The summed E-state index contributed by atoms with van der Waals surface area (Å²) < 4.78 is 4.98. The van der Waals surface area contributed by atoms with Crippen molar-refractivity contribution in [3.05, 3.63) is 27.8 Å². The molecule has 0 spiro atoms. The summed E-state index contributed by atoms with van der Waals surface area (Å²) >= 11 is 0. The molecule has 0 saturated carbocycles. The number of rotatable bonds is 4. The van der Waals surface area contributed by atoms with E-state index in [2.05, 4.69) is 0 Å². The normalized spacial score (nSPS) is 9.67. The summed E-state index contributed by atoms with van der Waals surface area (Å²) in [6, 6.07) is 2.37. The smallest absolute Gasteiger partial charge is 0.283 e. The van der Waals surface area contributed by atoms with Crippen LogP contribution >= 0.6 is 0 Å². The molecule has 1 aromatic carbocycles. The van der Waals surface area contributed by atoms with Gasteiger partial charge in [-0.05, 0) is 13.0 Å². The van der Waals surface area contributed by atoms with E-state index >= 15 is 0 Å². The number of nitro benzene ring substituents is 1. The first kappa shape index (κ1) is 11.0. The first-order valence-electron chi connectivity index (χ1n) is 4.20. The second-order valence-electron chi connectivity index (χ2n) is 2.65. The van der Waals surface area contributed by atoms with E-state index in [1.165, 1.54) is 6.07 Å². The number of hydrogen-bond acceptors (Lipinski definition) is 5. The van der Waals surface area contributed by atoms with Gasteiger partial charge in [-0.1, -0.05) is 0 Å². The fraction of sp³-hybridized carbons (Fsp3) is 0.222. The first-order valence-corrected chi connectivity index (χ1v) is 4.20. The van der Waals surface area contributed by atoms with Crippen LogP contribution in [0.25, 0.3) is 0 Å². The zero-order chi connectivity index (χ0) is 11.4. The molecule has 0 bridgehead atoms. The number of nitro groups is 1. The predicted octanol–water partition coefficient (Wildman–Crippen LogP) is 1.51. The van der Waals surface area contributed by atoms with E-state index in [4.69, 9.17) is 4.74 Å². The fourth-order valence-corrected chi connectivity index (χ4v) is 1.12. The molecular formula is C9H9NO5. The number of phenolic OH excluding ortho intramolecular Hbond substituents is 1. The lowest BCUT2D eigenvalue weighted by Gasteiger charge is -2.06. The van der Waals surface area contributed by atoms with Crippen molar-refractivity contribution in [1.29, 1.82) is 0 Å². The lowest BCUT2D eigenvalue weighted by molar-refractivity contribution is -0.385. The van der Waals surface area contributed by atoms with Crippen LogP contribution in [-0.4, -0.2) is 22.9 Å². The average molecular weight is 211 g/mol. The van der Waals surface area contributed by atoms with Gasteiger partial charge in [0, 0.05) is 6.07 Å². The van der Waals surface area contributed by atoms with Crippen LogP contribution in [0.2, 0.25) is 0 Å². The Morgan fingerprint density at radius 1 is 1.60 bits per heavy atom. The van der Waals surface area contributed by atoms with Crippen LogP contribution in [0.15, 0.2) is 12.1 Å². The SMILES string of the molecule is CCOc1ccc([N+](=O)[O-])c(C=O)c1O. The number of nitrogens with zero attached hydrogens (tertiary/aromatic N) is 1. The average Bonchev–Trinajstić information content (AvgIpc) is 2.20. The molecule has 0 heterocycles. The number of hydrogen-bond donors (Lipinski definition) is 1. The molecule has 1 rings (SSSR count). The molecule has 0 unspecified atom stereocenters. The molecule has 15 heavy (non-hydrogen) atoms. The lowest BCUT2D eigenvalue weighted by atomic mass is 10.1. The van der Waals surface area contributed by atoms with Gasteiger partial charge in [0.05, 0.1) is 11.5 Å². The molecule has 0 aliphatic heterocycles. The van der Waals surface area contributed by atoms with Gasteiger partial charge in [0.25, 0.3) is 5.69 Å². The van der Waals surface area contributed by atoms with Gasteiger partial charge in [-0.2, -0.15) is 0 Å². The van der Waals surface area contributed by atoms with Crippen molar-refractivity contribution in [3.8, 4) is 11.5 Å². The molecule has 6 heteroatoms. The molecule has 0 radical (unpaired) electrons. The van der Waals surface area contributed by atoms with E-state index in [1.54, 1.807) is 6.92 Å². The molecule has 1 aromatic rings. The number of carbonyl (C=O) groups is 1. The monoisotopic (exact) mass is 211 g/mol. The minimum Gasteiger partial charge on any atom is -0.504 e. The lowest BCUT2D eigenvalue weighted by Crippen LogP contribution is -1.98. The second kappa shape index (κ2) is 4.41. The molecule has 0 aromatic heterocycles. The van der Waals surface area contributed by atoms with Gasteiger partial charge in [0.2, 0.25) is 0 Å². The maximum Gasteiger partial charge on any atom is 0.283 e. The van der Waals surface area contributed by atoms with Gasteiger partial charge in [-0.15, -0.1) is 0 Å². The summed E-state index contributed by atoms with van der Waals surface area (Å²) in [4.78, 5) is 20.3. The highest BCUT2D eigenvalue weighted by Crippen LogP contribution is 2.34. The number of benzene rings is 1. The summed E-state index contributed by atoms with van der Waals surface area (Å²) in [5.74, 6) is -0.439. The van der Waals surface area contributed by atoms with Gasteiger partial charge in [0.15, 0.2) is 17.8 Å². The number of aldehydes is 1. The van der Waals surface area contributed by atoms with Crippen LogP contribution in [0, 0.1) is 10.1 Å². The topological polar surface area (TPSA) is 89.7 Å². The molecule has 0 aliphatic rings. The van der Waals surface area contributed by atoms with Crippen molar-refractivity contribution in [2.24, 2.45) is 0 Å². The fourth-order valence-electron chi connectivity index (χ4n) is 1.12. The van der Waals surface area contributed by atoms with Crippen molar-refractivity contribution >= 4 is 12.0 Å². The molecule has 0 aliphatic carbocycles. The molecule has 6 nitrogen and oxygen atoms in total. The molecule has 0 atom stereocenters. The zero-order valence-electron chi connectivity index (χ0n) is 7.97. The van der Waals surface area contributed by atoms with Crippen LogP contribution in [0.5, 0.6) is 11.5 Å². The maximum atomic E-state index is 10.6. The van der Waals surface area contributed by atoms with Crippen LogP contribution in [0.1, 0.15) is 17.3 Å². The Hall–Kier alpha value is -2.11. The van der Waals surface area contributed by atoms with Crippen molar-refractivity contribution in [2.75, 3.05) is 6.61 Å². The van der Waals surface area contributed by atoms with E-state index < -0.39 is 16.4 Å². The van der Waals surface area contributed by atoms with Gasteiger partial charge in [-0.3, -0.25) is 14.9 Å². The first-order chi connectivity index (χ1) is 7.11. The Balaban J connectivity index is 3.32. The maximum absolute atomic E-state index is 10.6. The number of ether oxygens (including phenoxy) is 1. The molecule has 0 saturated heterocycles. The van der Waals surface area contributed by atoms with Gasteiger partial charge in [-0.25, -0.2) is 0 Å². The van der Waals surface area contributed by atoms with E-state index in [9.17, 15) is 20.0 Å². The Bertz CT molecular complexity index is 402. The van der Waals surface area contributed by atoms with E-state index in [0.29, 0.717) is 6.61 Å². The quantitative estimate of drug-likeness (QED) is 0.463. The van der Waals surface area contributed by atoms with Crippen molar-refractivity contribution < 1.29 is 19.6 Å². The third kappa shape index (κ3) is 2.04. The van der Waals surface area contributed by atoms with Crippen LogP contribution in [-0.2, 0) is 0 Å². The Kier molecular flexibility index (Phi) is 3.22. The summed E-state index contributed by atoms with van der Waals surface area (Å²) in [6.45, 7) is 1.99. The van der Waals surface area contributed by atoms with Crippen molar-refractivity contribution in [3.63, 3.8) is 0 Å². The summed E-state index contributed by atoms with van der Waals surface area (Å²) in [5.41, 5.74) is -0.808. The van der Waals surface area contributed by atoms with E-state index in [1.807, 2.05) is 0 Å². The largest absolute Gasteiger partial charge is 0.504 e. The van der Waals surface area contributed by atoms with Crippen molar-refractivity contribution in [1.82, 2.24) is 0 Å². The summed E-state index contributed by atoms with van der Waals surface area (Å²) in [7, 11) is 0. The summed E-state index contributed by atoms with van der Waals surface area (Å²) in [5, 5.41) is 20.0. The van der Waals surface area contributed by atoms with Crippen molar-refractivity contribution in [2.45, 2.75) is 6.92 Å². The number of aromatic hydroxyl groups is 1. The number of phenols is 1. The standard InChI is InChI=1S/C9H9NO5/c1-2-15-8-4-3-7(10(13)14)6(5-11)9(8)12/h3-5,12H,2H2,1H3. The molecule has 0 fully saturated rings. The molecule has 1 N–H and O–H groups in total. The Morgan fingerprint density at radius 2 is 2.27 bits per heavy atom. The third-order valence-electron chi connectivity index (χ3n) is 1.77. The van der Waals surface area contributed by atoms with Crippen LogP contribution in [0.4, 0.5) is 5.69 Å².